The van der Waals surface area contributed by atoms with Crippen LogP contribution in [0.5, 0.6) is 5.75 Å². The van der Waals surface area contributed by atoms with Crippen molar-refractivity contribution in [1.82, 2.24) is 0 Å². The molecule has 1 aromatic carbocycles. The molecule has 0 heterocycles. The second kappa shape index (κ2) is 9.13. The standard InChI is InChI=1S/C24H30O3/c1-2-7-21(16-23(25)26)20-9-11-22(12-10-20)27-18-19-8-6-15-24(17-19)13-4-3-5-14-24/h8-12,21H,3-6,13-18H2,1H3,(H,25,26)/t21-/m0/s1. The van der Waals surface area contributed by atoms with Gasteiger partial charge in [-0.2, -0.15) is 0 Å². The number of ether oxygens (including phenoxy) is 1. The van der Waals surface area contributed by atoms with Crippen molar-refractivity contribution in [2.75, 3.05) is 6.61 Å². The van der Waals surface area contributed by atoms with Crippen LogP contribution >= 0.6 is 0 Å². The topological polar surface area (TPSA) is 46.5 Å². The number of carboxylic acid groups (broad SMARTS) is 1. The van der Waals surface area contributed by atoms with E-state index in [0.717, 1.165) is 11.3 Å². The maximum Gasteiger partial charge on any atom is 0.304 e. The third-order valence-corrected chi connectivity index (χ3v) is 6.03. The summed E-state index contributed by atoms with van der Waals surface area (Å²) in [7, 11) is 0. The van der Waals surface area contributed by atoms with Gasteiger partial charge in [0.1, 0.15) is 12.4 Å². The summed E-state index contributed by atoms with van der Waals surface area (Å²) in [6, 6.07) is 7.74. The van der Waals surface area contributed by atoms with Gasteiger partial charge < -0.3 is 9.84 Å². The number of benzene rings is 1. The Balaban J connectivity index is 1.57. The number of hydrogen-bond acceptors (Lipinski definition) is 2. The predicted molar refractivity (Wildman–Crippen MR) is 108 cm³/mol. The van der Waals surface area contributed by atoms with E-state index in [2.05, 4.69) is 17.9 Å². The Morgan fingerprint density at radius 3 is 2.59 bits per heavy atom. The van der Waals surface area contributed by atoms with Crippen LogP contribution in [0.15, 0.2) is 35.9 Å². The quantitative estimate of drug-likeness (QED) is 0.518. The Hall–Kier alpha value is -2.21. The normalized spacial score (nSPS) is 19.5. The molecule has 3 heteroatoms. The van der Waals surface area contributed by atoms with Crippen LogP contribution in [0.2, 0.25) is 0 Å². The van der Waals surface area contributed by atoms with Crippen LogP contribution in [0.4, 0.5) is 0 Å². The Morgan fingerprint density at radius 2 is 1.93 bits per heavy atom. The van der Waals surface area contributed by atoms with Crippen molar-refractivity contribution in [3.63, 3.8) is 0 Å². The summed E-state index contributed by atoms with van der Waals surface area (Å²) >= 11 is 0. The van der Waals surface area contributed by atoms with E-state index in [0.29, 0.717) is 12.0 Å². The fourth-order valence-corrected chi connectivity index (χ4v) is 4.64. The van der Waals surface area contributed by atoms with Gasteiger partial charge >= 0.3 is 5.97 Å². The lowest BCUT2D eigenvalue weighted by Crippen LogP contribution is -2.28. The van der Waals surface area contributed by atoms with Gasteiger partial charge in [-0.3, -0.25) is 4.79 Å². The monoisotopic (exact) mass is 366 g/mol. The van der Waals surface area contributed by atoms with Gasteiger partial charge in [-0.1, -0.05) is 43.4 Å². The van der Waals surface area contributed by atoms with Gasteiger partial charge in [0, 0.05) is 0 Å². The molecule has 3 rings (SSSR count). The molecule has 1 spiro atoms. The van der Waals surface area contributed by atoms with Crippen molar-refractivity contribution < 1.29 is 14.6 Å². The first-order valence-corrected chi connectivity index (χ1v) is 10.1. The highest BCUT2D eigenvalue weighted by Crippen LogP contribution is 2.47. The van der Waals surface area contributed by atoms with Crippen molar-refractivity contribution in [3.05, 3.63) is 41.5 Å². The van der Waals surface area contributed by atoms with Crippen LogP contribution in [0.1, 0.15) is 76.2 Å². The zero-order valence-electron chi connectivity index (χ0n) is 16.3. The summed E-state index contributed by atoms with van der Waals surface area (Å²) in [5.74, 6) is 5.55. The van der Waals surface area contributed by atoms with Gasteiger partial charge in [0.2, 0.25) is 0 Å². The minimum Gasteiger partial charge on any atom is -0.489 e. The summed E-state index contributed by atoms with van der Waals surface area (Å²) in [5, 5.41) is 9.06. The third kappa shape index (κ3) is 5.39. The fraction of sp³-hybridized carbons (Fsp3) is 0.542. The molecular weight excluding hydrogens is 336 g/mol. The molecule has 0 saturated heterocycles. The number of carboxylic acids is 1. The Kier molecular flexibility index (Phi) is 6.61. The van der Waals surface area contributed by atoms with Gasteiger partial charge in [-0.05, 0) is 67.7 Å². The predicted octanol–water partition coefficient (Wildman–Crippen LogP) is 5.71. The van der Waals surface area contributed by atoms with Gasteiger partial charge in [0.25, 0.3) is 0 Å². The molecule has 3 nitrogen and oxygen atoms in total. The maximum absolute atomic E-state index is 11.0. The van der Waals surface area contributed by atoms with Crippen molar-refractivity contribution >= 4 is 5.97 Å². The Labute approximate surface area is 162 Å². The first-order chi connectivity index (χ1) is 13.1. The molecule has 1 fully saturated rings. The molecule has 0 unspecified atom stereocenters. The molecule has 0 aromatic heterocycles. The minimum atomic E-state index is -0.830. The molecule has 1 N–H and O–H groups in total. The van der Waals surface area contributed by atoms with E-state index in [4.69, 9.17) is 9.84 Å². The summed E-state index contributed by atoms with van der Waals surface area (Å²) in [4.78, 5) is 11.0. The highest BCUT2D eigenvalue weighted by atomic mass is 16.5. The average molecular weight is 367 g/mol. The van der Waals surface area contributed by atoms with Crippen LogP contribution in [0, 0.1) is 17.3 Å². The highest BCUT2D eigenvalue weighted by Gasteiger charge is 2.34. The zero-order chi connectivity index (χ0) is 19.1. The highest BCUT2D eigenvalue weighted by molar-refractivity contribution is 5.69. The van der Waals surface area contributed by atoms with Crippen LogP contribution in [-0.2, 0) is 4.79 Å². The van der Waals surface area contributed by atoms with Crippen molar-refractivity contribution in [3.8, 4) is 17.6 Å². The zero-order valence-corrected chi connectivity index (χ0v) is 16.3. The van der Waals surface area contributed by atoms with E-state index in [1.807, 2.05) is 24.3 Å². The lowest BCUT2D eigenvalue weighted by Gasteiger charge is -2.40. The van der Waals surface area contributed by atoms with Crippen molar-refractivity contribution in [2.24, 2.45) is 5.41 Å². The van der Waals surface area contributed by atoms with Crippen LogP contribution in [0.25, 0.3) is 0 Å². The van der Waals surface area contributed by atoms with Crippen molar-refractivity contribution in [1.29, 1.82) is 0 Å². The molecule has 0 bridgehead atoms. The van der Waals surface area contributed by atoms with Crippen LogP contribution in [0.3, 0.4) is 0 Å². The summed E-state index contributed by atoms with van der Waals surface area (Å²) < 4.78 is 6.03. The minimum absolute atomic E-state index is 0.0238. The van der Waals surface area contributed by atoms with E-state index in [1.165, 1.54) is 56.9 Å². The molecule has 0 radical (unpaired) electrons. The average Bonchev–Trinajstić information content (AvgIpc) is 2.67. The lowest BCUT2D eigenvalue weighted by atomic mass is 9.65. The van der Waals surface area contributed by atoms with Crippen LogP contribution in [-0.4, -0.2) is 17.7 Å². The number of aliphatic carboxylic acids is 1. The second-order valence-corrected chi connectivity index (χ2v) is 8.04. The Bertz CT molecular complexity index is 727. The van der Waals surface area contributed by atoms with E-state index < -0.39 is 5.97 Å². The van der Waals surface area contributed by atoms with Crippen molar-refractivity contribution in [2.45, 2.75) is 70.6 Å². The third-order valence-electron chi connectivity index (χ3n) is 6.03. The Morgan fingerprint density at radius 1 is 1.19 bits per heavy atom. The molecule has 1 saturated carbocycles. The van der Waals surface area contributed by atoms with E-state index in [1.54, 1.807) is 6.92 Å². The van der Waals surface area contributed by atoms with Gasteiger partial charge in [0.05, 0.1) is 12.3 Å². The lowest BCUT2D eigenvalue weighted by molar-refractivity contribution is -0.137. The first-order valence-electron chi connectivity index (χ1n) is 10.1. The number of hydrogen-bond donors (Lipinski definition) is 1. The maximum atomic E-state index is 11.0. The molecule has 0 amide bonds. The molecule has 27 heavy (non-hydrogen) atoms. The summed E-state index contributed by atoms with van der Waals surface area (Å²) in [6.07, 6.45) is 13.0. The SMILES string of the molecule is CC#C[C@@H](CC(=O)O)c1ccc(OCC2=CCCC3(CCCCC3)C2)cc1. The number of rotatable bonds is 6. The van der Waals surface area contributed by atoms with Gasteiger partial charge in [-0.15, -0.1) is 5.92 Å². The molecule has 0 aliphatic heterocycles. The number of allylic oxidation sites excluding steroid dienone is 1. The number of carbonyl (C=O) groups is 1. The first kappa shape index (κ1) is 19.5. The molecule has 2 aliphatic carbocycles. The van der Waals surface area contributed by atoms with Gasteiger partial charge in [0.15, 0.2) is 0 Å². The fourth-order valence-electron chi connectivity index (χ4n) is 4.64. The van der Waals surface area contributed by atoms with E-state index in [9.17, 15) is 4.79 Å². The second-order valence-electron chi connectivity index (χ2n) is 8.04. The van der Waals surface area contributed by atoms with E-state index in [-0.39, 0.29) is 12.3 Å². The molecular formula is C24H30O3. The van der Waals surface area contributed by atoms with Gasteiger partial charge in [-0.25, -0.2) is 0 Å². The summed E-state index contributed by atoms with van der Waals surface area (Å²) in [5.41, 5.74) is 2.91. The van der Waals surface area contributed by atoms with Crippen LogP contribution < -0.4 is 4.74 Å². The molecule has 1 atom stereocenters. The molecule has 144 valence electrons. The molecule has 2 aliphatic rings. The largest absolute Gasteiger partial charge is 0.489 e. The van der Waals surface area contributed by atoms with E-state index >= 15 is 0 Å². The smallest absolute Gasteiger partial charge is 0.304 e. The summed E-state index contributed by atoms with van der Waals surface area (Å²) in [6.45, 7) is 2.40. The molecule has 1 aromatic rings.